The van der Waals surface area contributed by atoms with Gasteiger partial charge in [-0.25, -0.2) is 12.7 Å². The van der Waals surface area contributed by atoms with Gasteiger partial charge >= 0.3 is 0 Å². The Morgan fingerprint density at radius 3 is 2.38 bits per heavy atom. The highest BCUT2D eigenvalue weighted by Gasteiger charge is 2.58. The van der Waals surface area contributed by atoms with Crippen molar-refractivity contribution in [3.63, 3.8) is 0 Å². The fourth-order valence-electron chi connectivity index (χ4n) is 4.90. The van der Waals surface area contributed by atoms with Gasteiger partial charge in [0.05, 0.1) is 24.3 Å². The van der Waals surface area contributed by atoms with E-state index >= 15 is 0 Å². The van der Waals surface area contributed by atoms with Gasteiger partial charge in [-0.2, -0.15) is 0 Å². The lowest BCUT2D eigenvalue weighted by molar-refractivity contribution is -0.135. The van der Waals surface area contributed by atoms with Gasteiger partial charge in [-0.1, -0.05) is 20.3 Å². The molecule has 0 bridgehead atoms. The van der Waals surface area contributed by atoms with E-state index < -0.39 is 22.0 Å². The first-order chi connectivity index (χ1) is 12.2. The van der Waals surface area contributed by atoms with Crippen LogP contribution in [-0.2, 0) is 19.6 Å². The number of hydrogen-bond donors (Lipinski definition) is 0. The van der Waals surface area contributed by atoms with E-state index in [1.54, 1.807) is 4.90 Å². The molecule has 0 aliphatic carbocycles. The minimum atomic E-state index is -3.61. The number of nitrogens with zero attached hydrogens (tertiary/aromatic N) is 3. The average Bonchev–Trinajstić information content (AvgIpc) is 3.08. The lowest BCUT2D eigenvalue weighted by Gasteiger charge is -2.31. The Morgan fingerprint density at radius 1 is 1.15 bits per heavy atom. The molecule has 7 nitrogen and oxygen atoms in total. The largest absolute Gasteiger partial charge is 0.337 e. The summed E-state index contributed by atoms with van der Waals surface area (Å²) in [4.78, 5) is 29.8. The molecular formula is C18H31N3O4S. The van der Waals surface area contributed by atoms with Gasteiger partial charge in [-0.15, -0.1) is 0 Å². The molecule has 0 radical (unpaired) electrons. The summed E-state index contributed by atoms with van der Waals surface area (Å²) in [5.41, 5.74) is 0. The van der Waals surface area contributed by atoms with Crippen molar-refractivity contribution in [3.05, 3.63) is 0 Å². The first-order valence-electron chi connectivity index (χ1n) is 9.77. The molecular weight excluding hydrogens is 354 g/mol. The van der Waals surface area contributed by atoms with Crippen LogP contribution in [0.3, 0.4) is 0 Å². The third-order valence-electron chi connectivity index (χ3n) is 6.08. The maximum Gasteiger partial charge on any atom is 0.241 e. The van der Waals surface area contributed by atoms with E-state index in [1.165, 1.54) is 19.3 Å². The molecule has 0 saturated carbocycles. The van der Waals surface area contributed by atoms with Gasteiger partial charge in [0.15, 0.2) is 0 Å². The molecule has 0 aromatic rings. The number of fused-ring (bicyclic) bond motifs is 1. The Labute approximate surface area is 156 Å². The second-order valence-corrected chi connectivity index (χ2v) is 10.1. The van der Waals surface area contributed by atoms with Crippen molar-refractivity contribution in [1.82, 2.24) is 14.1 Å². The highest BCUT2D eigenvalue weighted by Crippen LogP contribution is 2.41. The van der Waals surface area contributed by atoms with Crippen molar-refractivity contribution < 1.29 is 18.0 Å². The SMILES string of the molecule is CC(C)[C@H]1C(=O)N(S(C)(=O)=O)[C@H]2CCN(C(=O)CCN3CCCCC3)[C@H]12. The summed E-state index contributed by atoms with van der Waals surface area (Å²) in [5.74, 6) is -0.726. The Morgan fingerprint density at radius 2 is 1.81 bits per heavy atom. The van der Waals surface area contributed by atoms with Crippen LogP contribution < -0.4 is 0 Å². The molecule has 0 N–H and O–H groups in total. The summed E-state index contributed by atoms with van der Waals surface area (Å²) in [5, 5.41) is 0. The molecule has 3 atom stereocenters. The van der Waals surface area contributed by atoms with Gasteiger partial charge in [-0.05, 0) is 38.3 Å². The van der Waals surface area contributed by atoms with Crippen LogP contribution in [0.1, 0.15) is 46.0 Å². The molecule has 148 valence electrons. The maximum absolute atomic E-state index is 12.9. The fourth-order valence-corrected chi connectivity index (χ4v) is 6.08. The van der Waals surface area contributed by atoms with Gasteiger partial charge in [-0.3, -0.25) is 9.59 Å². The maximum atomic E-state index is 12.9. The summed E-state index contributed by atoms with van der Waals surface area (Å²) < 4.78 is 25.4. The highest BCUT2D eigenvalue weighted by atomic mass is 32.2. The number of sulfonamides is 1. The quantitative estimate of drug-likeness (QED) is 0.703. The van der Waals surface area contributed by atoms with Gasteiger partial charge in [0.25, 0.3) is 0 Å². The summed E-state index contributed by atoms with van der Waals surface area (Å²) >= 11 is 0. The van der Waals surface area contributed by atoms with Gasteiger partial charge in [0.1, 0.15) is 0 Å². The van der Waals surface area contributed by atoms with Crippen molar-refractivity contribution >= 4 is 21.8 Å². The molecule has 26 heavy (non-hydrogen) atoms. The summed E-state index contributed by atoms with van der Waals surface area (Å²) in [6.07, 6.45) is 5.72. The van der Waals surface area contributed by atoms with Crippen LogP contribution in [0.25, 0.3) is 0 Å². The fraction of sp³-hybridized carbons (Fsp3) is 0.889. The van der Waals surface area contributed by atoms with E-state index in [1.807, 2.05) is 13.8 Å². The van der Waals surface area contributed by atoms with Crippen LogP contribution in [0.4, 0.5) is 0 Å². The lowest BCUT2D eigenvalue weighted by atomic mass is 9.88. The predicted octanol–water partition coefficient (Wildman–Crippen LogP) is 0.906. The second-order valence-electron chi connectivity index (χ2n) is 8.25. The van der Waals surface area contributed by atoms with Gasteiger partial charge in [0, 0.05) is 19.5 Å². The van der Waals surface area contributed by atoms with E-state index in [4.69, 9.17) is 0 Å². The molecule has 0 aromatic heterocycles. The number of carbonyl (C=O) groups is 2. The zero-order valence-electron chi connectivity index (χ0n) is 16.1. The lowest BCUT2D eigenvalue weighted by Crippen LogP contribution is -2.45. The Bertz CT molecular complexity index is 657. The minimum absolute atomic E-state index is 0.00255. The molecule has 0 spiro atoms. The molecule has 0 unspecified atom stereocenters. The topological polar surface area (TPSA) is 78.0 Å². The standard InChI is InChI=1S/C18H31N3O4S/c1-13(2)16-17-14(21(18(16)23)26(3,24)25)7-12-20(17)15(22)8-11-19-9-5-4-6-10-19/h13-14,16-17H,4-12H2,1-3H3/t14-,16+,17-/m0/s1. The number of carbonyl (C=O) groups excluding carboxylic acids is 2. The first-order valence-corrected chi connectivity index (χ1v) is 11.6. The van der Waals surface area contributed by atoms with E-state index in [0.29, 0.717) is 19.4 Å². The number of likely N-dealkylation sites (tertiary alicyclic amines) is 2. The monoisotopic (exact) mass is 385 g/mol. The third-order valence-corrected chi connectivity index (χ3v) is 7.24. The molecule has 3 aliphatic rings. The molecule has 3 fully saturated rings. The second kappa shape index (κ2) is 7.46. The van der Waals surface area contributed by atoms with Crippen molar-refractivity contribution in [2.75, 3.05) is 32.4 Å². The Kier molecular flexibility index (Phi) is 5.63. The molecule has 0 aromatic carbocycles. The molecule has 8 heteroatoms. The summed E-state index contributed by atoms with van der Waals surface area (Å²) in [7, 11) is -3.61. The van der Waals surface area contributed by atoms with Crippen LogP contribution in [0, 0.1) is 11.8 Å². The number of hydrogen-bond acceptors (Lipinski definition) is 5. The van der Waals surface area contributed by atoms with E-state index in [2.05, 4.69) is 4.90 Å². The molecule has 3 heterocycles. The number of amides is 2. The number of piperidine rings is 1. The van der Waals surface area contributed by atoms with Gasteiger partial charge in [0.2, 0.25) is 21.8 Å². The Hall–Kier alpha value is -1.15. The third kappa shape index (κ3) is 3.63. The normalized spacial score (nSPS) is 30.3. The van der Waals surface area contributed by atoms with E-state index in [9.17, 15) is 18.0 Å². The summed E-state index contributed by atoms with van der Waals surface area (Å²) in [6.45, 7) is 7.25. The molecule has 3 saturated heterocycles. The van der Waals surface area contributed by atoms with Crippen molar-refractivity contribution in [1.29, 1.82) is 0 Å². The van der Waals surface area contributed by atoms with Crippen molar-refractivity contribution in [3.8, 4) is 0 Å². The molecule has 3 rings (SSSR count). The van der Waals surface area contributed by atoms with Crippen LogP contribution in [0.5, 0.6) is 0 Å². The zero-order chi connectivity index (χ0) is 19.1. The van der Waals surface area contributed by atoms with E-state index in [-0.39, 0.29) is 23.8 Å². The van der Waals surface area contributed by atoms with Crippen molar-refractivity contribution in [2.45, 2.75) is 58.0 Å². The zero-order valence-corrected chi connectivity index (χ0v) is 16.9. The smallest absolute Gasteiger partial charge is 0.241 e. The molecule has 2 amide bonds. The Balaban J connectivity index is 1.73. The summed E-state index contributed by atoms with van der Waals surface area (Å²) in [6, 6.07) is -0.713. The van der Waals surface area contributed by atoms with Crippen LogP contribution in [-0.4, -0.2) is 78.9 Å². The first kappa shape index (κ1) is 19.6. The van der Waals surface area contributed by atoms with Crippen molar-refractivity contribution in [2.24, 2.45) is 11.8 Å². The van der Waals surface area contributed by atoms with Crippen LogP contribution in [0.15, 0.2) is 0 Å². The van der Waals surface area contributed by atoms with E-state index in [0.717, 1.165) is 30.2 Å². The minimum Gasteiger partial charge on any atom is -0.337 e. The average molecular weight is 386 g/mol. The predicted molar refractivity (Wildman–Crippen MR) is 98.8 cm³/mol. The van der Waals surface area contributed by atoms with Crippen LogP contribution in [0.2, 0.25) is 0 Å². The number of rotatable bonds is 5. The van der Waals surface area contributed by atoms with Gasteiger partial charge < -0.3 is 9.80 Å². The van der Waals surface area contributed by atoms with Crippen LogP contribution >= 0.6 is 0 Å². The highest BCUT2D eigenvalue weighted by molar-refractivity contribution is 7.88. The molecule has 3 aliphatic heterocycles.